The van der Waals surface area contributed by atoms with E-state index in [-0.39, 0.29) is 10.8 Å². The zero-order chi connectivity index (χ0) is 21.8. The van der Waals surface area contributed by atoms with Crippen LogP contribution >= 0.6 is 11.3 Å². The fourth-order valence-corrected chi connectivity index (χ4v) is 5.29. The molecular formula is C23H21N3O3S2. The van der Waals surface area contributed by atoms with Crippen LogP contribution in [0.1, 0.15) is 15.4 Å². The monoisotopic (exact) mass is 451 g/mol. The molecule has 158 valence electrons. The van der Waals surface area contributed by atoms with Crippen molar-refractivity contribution in [2.24, 2.45) is 0 Å². The standard InChI is InChI=1S/C23H21N3O3S2/c1-26(18-7-3-2-4-8-18)31(28,29)19-13-11-17(12-14-19)23(27)24-16-15-22-25-20-9-5-6-10-21(20)30-22/h2-14H,15-16H2,1H3,(H,24,27). The summed E-state index contributed by atoms with van der Waals surface area (Å²) in [6.45, 7) is 0.454. The molecule has 0 bridgehead atoms. The first-order chi connectivity index (χ1) is 14.9. The van der Waals surface area contributed by atoms with E-state index in [0.717, 1.165) is 15.2 Å². The molecular weight excluding hydrogens is 430 g/mol. The molecule has 0 saturated heterocycles. The number of carbonyl (C=O) groups excluding carboxylic acids is 1. The summed E-state index contributed by atoms with van der Waals surface area (Å²) in [6, 6.07) is 22.7. The predicted molar refractivity (Wildman–Crippen MR) is 124 cm³/mol. The molecule has 0 atom stereocenters. The number of rotatable bonds is 7. The Labute approximate surface area is 185 Å². The van der Waals surface area contributed by atoms with E-state index in [9.17, 15) is 13.2 Å². The van der Waals surface area contributed by atoms with E-state index in [2.05, 4.69) is 10.3 Å². The number of para-hydroxylation sites is 2. The van der Waals surface area contributed by atoms with Crippen LogP contribution in [-0.2, 0) is 16.4 Å². The summed E-state index contributed by atoms with van der Waals surface area (Å²) in [5.41, 5.74) is 1.94. The molecule has 6 nitrogen and oxygen atoms in total. The average molecular weight is 452 g/mol. The van der Waals surface area contributed by atoms with Crippen LogP contribution in [-0.4, -0.2) is 32.9 Å². The first-order valence-electron chi connectivity index (χ1n) is 9.72. The summed E-state index contributed by atoms with van der Waals surface area (Å²) in [4.78, 5) is 17.1. The number of aromatic nitrogens is 1. The minimum atomic E-state index is -3.71. The lowest BCUT2D eigenvalue weighted by Gasteiger charge is -2.19. The third-order valence-electron chi connectivity index (χ3n) is 4.86. The number of amides is 1. The predicted octanol–water partition coefficient (Wildman–Crippen LogP) is 4.09. The van der Waals surface area contributed by atoms with E-state index in [0.29, 0.717) is 24.2 Å². The fourth-order valence-electron chi connectivity index (χ4n) is 3.12. The molecule has 0 fully saturated rings. The Hall–Kier alpha value is -3.23. The van der Waals surface area contributed by atoms with Gasteiger partial charge in [0.1, 0.15) is 0 Å². The van der Waals surface area contributed by atoms with Crippen LogP contribution in [0.5, 0.6) is 0 Å². The van der Waals surface area contributed by atoms with E-state index in [1.54, 1.807) is 35.6 Å². The first-order valence-corrected chi connectivity index (χ1v) is 12.0. The molecule has 0 spiro atoms. The Bertz CT molecular complexity index is 1270. The van der Waals surface area contributed by atoms with Gasteiger partial charge in [0.15, 0.2) is 0 Å². The lowest BCUT2D eigenvalue weighted by molar-refractivity contribution is 0.0954. The molecule has 0 saturated carbocycles. The number of nitrogens with zero attached hydrogens (tertiary/aromatic N) is 2. The molecule has 0 radical (unpaired) electrons. The van der Waals surface area contributed by atoms with Gasteiger partial charge in [-0.05, 0) is 48.5 Å². The normalized spacial score (nSPS) is 11.4. The Morgan fingerprint density at radius 3 is 2.35 bits per heavy atom. The number of carbonyl (C=O) groups is 1. The van der Waals surface area contributed by atoms with Crippen molar-refractivity contribution in [3.63, 3.8) is 0 Å². The third kappa shape index (κ3) is 4.60. The molecule has 4 aromatic rings. The van der Waals surface area contributed by atoms with Crippen molar-refractivity contribution in [1.82, 2.24) is 10.3 Å². The van der Waals surface area contributed by atoms with Crippen LogP contribution in [0.25, 0.3) is 10.2 Å². The average Bonchev–Trinajstić information content (AvgIpc) is 3.22. The lowest BCUT2D eigenvalue weighted by Crippen LogP contribution is -2.27. The van der Waals surface area contributed by atoms with E-state index >= 15 is 0 Å². The highest BCUT2D eigenvalue weighted by Gasteiger charge is 2.21. The second-order valence-electron chi connectivity index (χ2n) is 6.91. The summed E-state index contributed by atoms with van der Waals surface area (Å²) in [5, 5.41) is 3.83. The largest absolute Gasteiger partial charge is 0.352 e. The van der Waals surface area contributed by atoms with Crippen molar-refractivity contribution in [3.05, 3.63) is 89.4 Å². The quantitative estimate of drug-likeness (QED) is 0.459. The fraction of sp³-hybridized carbons (Fsp3) is 0.130. The number of anilines is 1. The maximum atomic E-state index is 12.8. The van der Waals surface area contributed by atoms with Gasteiger partial charge in [-0.1, -0.05) is 30.3 Å². The second kappa shape index (κ2) is 8.87. The van der Waals surface area contributed by atoms with Gasteiger partial charge in [0, 0.05) is 25.6 Å². The van der Waals surface area contributed by atoms with Crippen LogP contribution in [0.15, 0.2) is 83.8 Å². The van der Waals surface area contributed by atoms with Gasteiger partial charge >= 0.3 is 0 Å². The zero-order valence-electron chi connectivity index (χ0n) is 16.9. The number of fused-ring (bicyclic) bond motifs is 1. The highest BCUT2D eigenvalue weighted by atomic mass is 32.2. The Morgan fingerprint density at radius 1 is 0.968 bits per heavy atom. The van der Waals surface area contributed by atoms with Crippen LogP contribution in [0, 0.1) is 0 Å². The summed E-state index contributed by atoms with van der Waals surface area (Å²) in [6.07, 6.45) is 0.638. The van der Waals surface area contributed by atoms with Crippen molar-refractivity contribution in [1.29, 1.82) is 0 Å². The summed E-state index contributed by atoms with van der Waals surface area (Å²) >= 11 is 1.62. The SMILES string of the molecule is CN(c1ccccc1)S(=O)(=O)c1ccc(C(=O)NCCc2nc3ccccc3s2)cc1. The number of nitrogens with one attached hydrogen (secondary N) is 1. The molecule has 1 amide bonds. The zero-order valence-corrected chi connectivity index (χ0v) is 18.5. The molecule has 3 aromatic carbocycles. The highest BCUT2D eigenvalue weighted by molar-refractivity contribution is 7.92. The smallest absolute Gasteiger partial charge is 0.264 e. The van der Waals surface area contributed by atoms with Gasteiger partial charge < -0.3 is 5.32 Å². The van der Waals surface area contributed by atoms with Crippen LogP contribution in [0.4, 0.5) is 5.69 Å². The van der Waals surface area contributed by atoms with Gasteiger partial charge in [0.05, 0.1) is 25.8 Å². The van der Waals surface area contributed by atoms with Crippen molar-refractivity contribution < 1.29 is 13.2 Å². The van der Waals surface area contributed by atoms with E-state index in [4.69, 9.17) is 0 Å². The van der Waals surface area contributed by atoms with Crippen molar-refractivity contribution in [3.8, 4) is 0 Å². The second-order valence-corrected chi connectivity index (χ2v) is 10.00. The number of sulfonamides is 1. The molecule has 0 unspecified atom stereocenters. The minimum Gasteiger partial charge on any atom is -0.352 e. The van der Waals surface area contributed by atoms with Crippen LogP contribution in [0.2, 0.25) is 0 Å². The lowest BCUT2D eigenvalue weighted by atomic mass is 10.2. The molecule has 0 aliphatic rings. The number of hydrogen-bond donors (Lipinski definition) is 1. The van der Waals surface area contributed by atoms with Gasteiger partial charge in [-0.25, -0.2) is 13.4 Å². The Morgan fingerprint density at radius 2 is 1.65 bits per heavy atom. The van der Waals surface area contributed by atoms with Gasteiger partial charge in [-0.3, -0.25) is 9.10 Å². The molecule has 1 heterocycles. The van der Waals surface area contributed by atoms with Gasteiger partial charge in [0.2, 0.25) is 0 Å². The summed E-state index contributed by atoms with van der Waals surface area (Å²) in [7, 11) is -2.20. The Kier molecular flexibility index (Phi) is 6.01. The maximum Gasteiger partial charge on any atom is 0.264 e. The molecule has 0 aliphatic heterocycles. The van der Waals surface area contributed by atoms with E-state index in [1.165, 1.54) is 35.6 Å². The van der Waals surface area contributed by atoms with Crippen molar-refractivity contribution in [2.45, 2.75) is 11.3 Å². The van der Waals surface area contributed by atoms with Crippen LogP contribution in [0.3, 0.4) is 0 Å². The molecule has 0 aliphatic carbocycles. The topological polar surface area (TPSA) is 79.4 Å². The summed E-state index contributed by atoms with van der Waals surface area (Å²) in [5.74, 6) is -0.249. The molecule has 8 heteroatoms. The van der Waals surface area contributed by atoms with Gasteiger partial charge in [-0.2, -0.15) is 0 Å². The van der Waals surface area contributed by atoms with Crippen LogP contribution < -0.4 is 9.62 Å². The van der Waals surface area contributed by atoms with Gasteiger partial charge in [-0.15, -0.1) is 11.3 Å². The van der Waals surface area contributed by atoms with Gasteiger partial charge in [0.25, 0.3) is 15.9 Å². The van der Waals surface area contributed by atoms with Crippen molar-refractivity contribution >= 4 is 43.2 Å². The molecule has 1 aromatic heterocycles. The van der Waals surface area contributed by atoms with E-state index in [1.807, 2.05) is 30.3 Å². The molecule has 1 N–H and O–H groups in total. The third-order valence-corrected chi connectivity index (χ3v) is 7.75. The molecule has 4 rings (SSSR count). The number of hydrogen-bond acceptors (Lipinski definition) is 5. The van der Waals surface area contributed by atoms with E-state index < -0.39 is 10.0 Å². The first kappa shape index (κ1) is 21.0. The van der Waals surface area contributed by atoms with Crippen molar-refractivity contribution in [2.75, 3.05) is 17.9 Å². The highest BCUT2D eigenvalue weighted by Crippen LogP contribution is 2.23. The molecule has 31 heavy (non-hydrogen) atoms. The summed E-state index contributed by atoms with van der Waals surface area (Å²) < 4.78 is 28.0. The number of benzene rings is 3. The maximum absolute atomic E-state index is 12.8. The number of thiazole rings is 1. The Balaban J connectivity index is 1.38. The minimum absolute atomic E-state index is 0.130.